The molecule has 5 rings (SSSR count). The Hall–Kier alpha value is -3.43. The highest BCUT2D eigenvalue weighted by Gasteiger charge is 2.31. The molecule has 212 valence electrons. The fourth-order valence-corrected chi connectivity index (χ4v) is 7.14. The predicted molar refractivity (Wildman–Crippen MR) is 153 cm³/mol. The van der Waals surface area contributed by atoms with Crippen molar-refractivity contribution in [2.45, 2.75) is 47.9 Å². The molecule has 0 bridgehead atoms. The Balaban J connectivity index is 1.10. The van der Waals surface area contributed by atoms with Crippen LogP contribution in [0.1, 0.15) is 41.6 Å². The van der Waals surface area contributed by atoms with Crippen LogP contribution < -0.4 is 10.5 Å². The number of amides is 1. The second kappa shape index (κ2) is 12.0. The first-order valence-corrected chi connectivity index (χ1v) is 15.3. The molecule has 7 nitrogen and oxygen atoms in total. The van der Waals surface area contributed by atoms with Crippen molar-refractivity contribution in [2.24, 2.45) is 5.92 Å². The summed E-state index contributed by atoms with van der Waals surface area (Å²) in [6.07, 6.45) is 4.90. The highest BCUT2D eigenvalue weighted by molar-refractivity contribution is 7.91. The lowest BCUT2D eigenvalue weighted by Crippen LogP contribution is -2.49. The molecular weight excluding hydrogens is 529 g/mol. The van der Waals surface area contributed by atoms with Gasteiger partial charge in [-0.25, -0.2) is 12.8 Å². The van der Waals surface area contributed by atoms with Gasteiger partial charge in [0.15, 0.2) is 0 Å². The van der Waals surface area contributed by atoms with E-state index in [0.29, 0.717) is 35.7 Å². The molecule has 0 atom stereocenters. The van der Waals surface area contributed by atoms with E-state index in [2.05, 4.69) is 4.90 Å². The van der Waals surface area contributed by atoms with Crippen LogP contribution in [0.3, 0.4) is 0 Å². The molecule has 0 unspecified atom stereocenters. The number of methoxy groups -OCH3 is 1. The van der Waals surface area contributed by atoms with Gasteiger partial charge < -0.3 is 20.3 Å². The summed E-state index contributed by atoms with van der Waals surface area (Å²) in [6, 6.07) is 18.5. The molecule has 1 amide bonds. The number of ether oxygens (including phenoxy) is 1. The lowest BCUT2D eigenvalue weighted by molar-refractivity contribution is 0.0552. The molecule has 0 aromatic heterocycles. The van der Waals surface area contributed by atoms with Crippen LogP contribution in [0, 0.1) is 11.7 Å². The van der Waals surface area contributed by atoms with Crippen LogP contribution in [-0.4, -0.2) is 63.5 Å². The normalized spacial score (nSPS) is 17.6. The zero-order chi connectivity index (χ0) is 28.3. The molecule has 3 aromatic rings. The summed E-state index contributed by atoms with van der Waals surface area (Å²) in [5.74, 6) is 0.417. The summed E-state index contributed by atoms with van der Waals surface area (Å²) in [4.78, 5) is 17.7. The summed E-state index contributed by atoms with van der Waals surface area (Å²) < 4.78 is 44.9. The molecule has 0 saturated carbocycles. The third-order valence-corrected chi connectivity index (χ3v) is 10.1. The summed E-state index contributed by atoms with van der Waals surface area (Å²) >= 11 is 0. The molecule has 3 aromatic carbocycles. The lowest BCUT2D eigenvalue weighted by Gasteiger charge is -2.42. The van der Waals surface area contributed by atoms with Crippen molar-refractivity contribution in [2.75, 3.05) is 39.0 Å². The molecule has 2 N–H and O–H groups in total. The standard InChI is InChI=1S/C31H36FN3O4S/c1-39-25-7-11-27(12-8-25)40(37,38)26-9-5-22(6-10-26)21-23-13-17-34(18-14-23)24-15-19-35(20-16-24)31(36)28-3-2-4-29(32)30(28)33/h2-12,23-24H,13-21,33H2,1H3. The van der Waals surface area contributed by atoms with Crippen molar-refractivity contribution in [3.8, 4) is 5.75 Å². The second-order valence-electron chi connectivity index (χ2n) is 10.7. The fraction of sp³-hybridized carbons (Fsp3) is 0.387. The number of carbonyl (C=O) groups excluding carboxylic acids is 1. The van der Waals surface area contributed by atoms with Crippen LogP contribution in [0.4, 0.5) is 10.1 Å². The first-order valence-electron chi connectivity index (χ1n) is 13.8. The average molecular weight is 566 g/mol. The van der Waals surface area contributed by atoms with E-state index in [1.54, 1.807) is 54.5 Å². The van der Waals surface area contributed by atoms with Crippen LogP contribution in [0.25, 0.3) is 0 Å². The fourth-order valence-electron chi connectivity index (χ4n) is 5.88. The Morgan fingerprint density at radius 2 is 1.50 bits per heavy atom. The van der Waals surface area contributed by atoms with E-state index in [-0.39, 0.29) is 22.1 Å². The second-order valence-corrected chi connectivity index (χ2v) is 12.7. The maximum atomic E-state index is 13.8. The van der Waals surface area contributed by atoms with E-state index in [0.717, 1.165) is 50.8 Å². The number of anilines is 1. The molecule has 9 heteroatoms. The molecular formula is C31H36FN3O4S. The smallest absolute Gasteiger partial charge is 0.256 e. The minimum absolute atomic E-state index is 0.0785. The molecule has 2 aliphatic rings. The van der Waals surface area contributed by atoms with Crippen molar-refractivity contribution >= 4 is 21.4 Å². The van der Waals surface area contributed by atoms with Gasteiger partial charge in [0.2, 0.25) is 9.84 Å². The van der Waals surface area contributed by atoms with E-state index in [9.17, 15) is 17.6 Å². The molecule has 0 spiro atoms. The van der Waals surface area contributed by atoms with Crippen LogP contribution in [0.15, 0.2) is 76.5 Å². The monoisotopic (exact) mass is 565 g/mol. The molecule has 2 saturated heterocycles. The van der Waals surface area contributed by atoms with Gasteiger partial charge >= 0.3 is 0 Å². The van der Waals surface area contributed by atoms with Gasteiger partial charge in [0, 0.05) is 19.1 Å². The number of carbonyl (C=O) groups is 1. The molecule has 2 aliphatic heterocycles. The Bertz CT molecular complexity index is 1430. The largest absolute Gasteiger partial charge is 0.497 e. The number of piperidine rings is 2. The van der Waals surface area contributed by atoms with E-state index in [4.69, 9.17) is 10.5 Å². The van der Waals surface area contributed by atoms with Crippen LogP contribution in [0.2, 0.25) is 0 Å². The van der Waals surface area contributed by atoms with Gasteiger partial charge in [-0.15, -0.1) is 0 Å². The third kappa shape index (κ3) is 6.00. The molecule has 2 fully saturated rings. The number of hydrogen-bond acceptors (Lipinski definition) is 6. The highest BCUT2D eigenvalue weighted by atomic mass is 32.2. The molecule has 40 heavy (non-hydrogen) atoms. The number of halogens is 1. The minimum Gasteiger partial charge on any atom is -0.497 e. The maximum absolute atomic E-state index is 13.8. The van der Waals surface area contributed by atoms with Crippen molar-refractivity contribution < 1.29 is 22.3 Å². The van der Waals surface area contributed by atoms with Gasteiger partial charge in [0.25, 0.3) is 5.91 Å². The van der Waals surface area contributed by atoms with Crippen LogP contribution in [0.5, 0.6) is 5.75 Å². The van der Waals surface area contributed by atoms with Crippen molar-refractivity contribution in [1.29, 1.82) is 0 Å². The van der Waals surface area contributed by atoms with Gasteiger partial charge in [0.1, 0.15) is 11.6 Å². The first kappa shape index (κ1) is 28.1. The number of hydrogen-bond donors (Lipinski definition) is 1. The van der Waals surface area contributed by atoms with Gasteiger partial charge in [-0.3, -0.25) is 4.79 Å². The number of para-hydroxylation sites is 1. The van der Waals surface area contributed by atoms with Crippen molar-refractivity contribution in [3.63, 3.8) is 0 Å². The molecule has 2 heterocycles. The maximum Gasteiger partial charge on any atom is 0.256 e. The average Bonchev–Trinajstić information content (AvgIpc) is 2.99. The number of nitrogens with zero attached hydrogens (tertiary/aromatic N) is 2. The van der Waals surface area contributed by atoms with Crippen LogP contribution in [-0.2, 0) is 16.3 Å². The Morgan fingerprint density at radius 3 is 2.10 bits per heavy atom. The van der Waals surface area contributed by atoms with Crippen LogP contribution >= 0.6 is 0 Å². The van der Waals surface area contributed by atoms with Gasteiger partial charge in [-0.2, -0.15) is 0 Å². The topological polar surface area (TPSA) is 92.9 Å². The van der Waals surface area contributed by atoms with Gasteiger partial charge in [-0.1, -0.05) is 18.2 Å². The molecule has 0 aliphatic carbocycles. The summed E-state index contributed by atoms with van der Waals surface area (Å²) in [5.41, 5.74) is 7.11. The van der Waals surface area contributed by atoms with Crippen molar-refractivity contribution in [1.82, 2.24) is 9.80 Å². The predicted octanol–water partition coefficient (Wildman–Crippen LogP) is 4.81. The Labute approximate surface area is 235 Å². The zero-order valence-electron chi connectivity index (χ0n) is 22.8. The first-order chi connectivity index (χ1) is 19.3. The van der Waals surface area contributed by atoms with Gasteiger partial charge in [-0.05, 0) is 105 Å². The van der Waals surface area contributed by atoms with E-state index >= 15 is 0 Å². The van der Waals surface area contributed by atoms with E-state index in [1.807, 2.05) is 12.1 Å². The number of rotatable bonds is 7. The lowest BCUT2D eigenvalue weighted by atomic mass is 9.88. The highest BCUT2D eigenvalue weighted by Crippen LogP contribution is 2.29. The SMILES string of the molecule is COc1ccc(S(=O)(=O)c2ccc(CC3CCN(C4CCN(C(=O)c5cccc(F)c5N)CC4)CC3)cc2)cc1. The van der Waals surface area contributed by atoms with E-state index < -0.39 is 15.7 Å². The zero-order valence-corrected chi connectivity index (χ0v) is 23.6. The number of benzene rings is 3. The molecule has 0 radical (unpaired) electrons. The minimum atomic E-state index is -3.57. The summed E-state index contributed by atoms with van der Waals surface area (Å²) in [5, 5.41) is 0. The summed E-state index contributed by atoms with van der Waals surface area (Å²) in [6.45, 7) is 3.32. The number of likely N-dealkylation sites (tertiary alicyclic amines) is 2. The summed E-state index contributed by atoms with van der Waals surface area (Å²) in [7, 11) is -2.02. The van der Waals surface area contributed by atoms with Crippen molar-refractivity contribution in [3.05, 3.63) is 83.7 Å². The third-order valence-electron chi connectivity index (χ3n) is 8.33. The Morgan fingerprint density at radius 1 is 0.900 bits per heavy atom. The number of sulfone groups is 1. The quantitative estimate of drug-likeness (QED) is 0.414. The number of nitrogen functional groups attached to an aromatic ring is 1. The Kier molecular flexibility index (Phi) is 8.42. The number of nitrogens with two attached hydrogens (primary N) is 1. The van der Waals surface area contributed by atoms with E-state index in [1.165, 1.54) is 12.1 Å². The van der Waals surface area contributed by atoms with Gasteiger partial charge in [0.05, 0.1) is 28.2 Å².